The molecule has 0 aliphatic rings. The second kappa shape index (κ2) is 7.48. The predicted molar refractivity (Wildman–Crippen MR) is 87.5 cm³/mol. The number of carbonyl (C=O) groups excluding carboxylic acids is 1. The fraction of sp³-hybridized carbons (Fsp3) is 0.176. The van der Waals surface area contributed by atoms with Crippen molar-refractivity contribution in [3.63, 3.8) is 0 Å². The summed E-state index contributed by atoms with van der Waals surface area (Å²) in [4.78, 5) is 18.0. The van der Waals surface area contributed by atoms with Crippen LogP contribution in [0.2, 0.25) is 5.02 Å². The van der Waals surface area contributed by atoms with Gasteiger partial charge in [0.2, 0.25) is 0 Å². The normalized spacial score (nSPS) is 11.3. The Morgan fingerprint density at radius 2 is 2.09 bits per heavy atom. The number of nitrogens with zero attached hydrogens (tertiary/aromatic N) is 2. The van der Waals surface area contributed by atoms with Crippen LogP contribution in [-0.4, -0.2) is 29.5 Å². The Kier molecular flexibility index (Phi) is 5.40. The van der Waals surface area contributed by atoms with Crippen molar-refractivity contribution in [2.75, 3.05) is 13.6 Å². The maximum atomic E-state index is 12.2. The highest BCUT2D eigenvalue weighted by molar-refractivity contribution is 6.30. The predicted octanol–water partition coefficient (Wildman–Crippen LogP) is 3.10. The van der Waals surface area contributed by atoms with E-state index in [1.165, 1.54) is 0 Å². The van der Waals surface area contributed by atoms with Gasteiger partial charge < -0.3 is 10.2 Å². The lowest BCUT2D eigenvalue weighted by Crippen LogP contribution is -2.40. The van der Waals surface area contributed by atoms with Crippen molar-refractivity contribution >= 4 is 17.6 Å². The average molecular weight is 314 g/mol. The minimum absolute atomic E-state index is 0.184. The van der Waals surface area contributed by atoms with Gasteiger partial charge >= 0.3 is 6.03 Å². The molecule has 0 aliphatic carbocycles. The molecule has 1 atom stereocenters. The fourth-order valence-electron chi connectivity index (χ4n) is 2.19. The molecule has 0 unspecified atom stereocenters. The Hall–Kier alpha value is -2.51. The van der Waals surface area contributed by atoms with Gasteiger partial charge in [-0.2, -0.15) is 0 Å². The standard InChI is InChI=1S/C17H16ClN3O/c1-3-10-20-17(22)21(2)16(14-5-4-11-19-12-14)13-6-8-15(18)9-7-13/h1,4-9,11-12,16H,10H2,2H3,(H,20,22)/t16-/m1/s1. The topological polar surface area (TPSA) is 45.2 Å². The van der Waals surface area contributed by atoms with Crippen molar-refractivity contribution < 1.29 is 4.79 Å². The smallest absolute Gasteiger partial charge is 0.318 e. The van der Waals surface area contributed by atoms with Crippen LogP contribution in [0.15, 0.2) is 48.8 Å². The van der Waals surface area contributed by atoms with Crippen LogP contribution in [0.3, 0.4) is 0 Å². The van der Waals surface area contributed by atoms with Crippen molar-refractivity contribution in [1.29, 1.82) is 0 Å². The number of hydrogen-bond donors (Lipinski definition) is 1. The number of carbonyl (C=O) groups is 1. The molecule has 1 aromatic carbocycles. The number of amides is 2. The molecule has 0 bridgehead atoms. The molecule has 0 radical (unpaired) electrons. The molecular formula is C17H16ClN3O. The van der Waals surface area contributed by atoms with Gasteiger partial charge in [-0.25, -0.2) is 4.79 Å². The summed E-state index contributed by atoms with van der Waals surface area (Å²) in [5.41, 5.74) is 1.85. The zero-order valence-electron chi connectivity index (χ0n) is 12.2. The first-order chi connectivity index (χ1) is 10.6. The third-order valence-electron chi connectivity index (χ3n) is 3.24. The van der Waals surface area contributed by atoms with Gasteiger partial charge in [0.25, 0.3) is 0 Å². The molecule has 22 heavy (non-hydrogen) atoms. The number of rotatable bonds is 4. The highest BCUT2D eigenvalue weighted by Gasteiger charge is 2.23. The zero-order chi connectivity index (χ0) is 15.9. The first-order valence-corrected chi connectivity index (χ1v) is 7.11. The summed E-state index contributed by atoms with van der Waals surface area (Å²) in [7, 11) is 1.72. The van der Waals surface area contributed by atoms with Crippen LogP contribution in [-0.2, 0) is 0 Å². The molecule has 0 saturated heterocycles. The summed E-state index contributed by atoms with van der Waals surface area (Å²) in [6, 6.07) is 10.6. The molecule has 2 aromatic rings. The summed E-state index contributed by atoms with van der Waals surface area (Å²) < 4.78 is 0. The number of halogens is 1. The van der Waals surface area contributed by atoms with Crippen molar-refractivity contribution in [2.45, 2.75) is 6.04 Å². The van der Waals surface area contributed by atoms with E-state index < -0.39 is 0 Å². The number of urea groups is 1. The van der Waals surface area contributed by atoms with E-state index in [0.717, 1.165) is 11.1 Å². The Bertz CT molecular complexity index is 665. The molecule has 2 rings (SSSR count). The first-order valence-electron chi connectivity index (χ1n) is 6.73. The highest BCUT2D eigenvalue weighted by atomic mass is 35.5. The van der Waals surface area contributed by atoms with E-state index in [2.05, 4.69) is 16.2 Å². The third kappa shape index (κ3) is 3.78. The van der Waals surface area contributed by atoms with Gasteiger partial charge in [0.1, 0.15) is 0 Å². The summed E-state index contributed by atoms with van der Waals surface area (Å²) in [5.74, 6) is 2.39. The van der Waals surface area contributed by atoms with Crippen LogP contribution in [0.25, 0.3) is 0 Å². The van der Waals surface area contributed by atoms with E-state index in [1.54, 1.807) is 36.5 Å². The lowest BCUT2D eigenvalue weighted by molar-refractivity contribution is 0.199. The SMILES string of the molecule is C#CCNC(=O)N(C)[C@H](c1ccc(Cl)cc1)c1cccnc1. The number of pyridine rings is 1. The van der Waals surface area contributed by atoms with Crippen LogP contribution in [0.5, 0.6) is 0 Å². The van der Waals surface area contributed by atoms with E-state index in [1.807, 2.05) is 24.3 Å². The van der Waals surface area contributed by atoms with Gasteiger partial charge in [0.15, 0.2) is 0 Å². The van der Waals surface area contributed by atoms with Gasteiger partial charge in [-0.15, -0.1) is 6.42 Å². The fourth-order valence-corrected chi connectivity index (χ4v) is 2.32. The number of benzene rings is 1. The van der Waals surface area contributed by atoms with E-state index >= 15 is 0 Å². The van der Waals surface area contributed by atoms with Gasteiger partial charge in [-0.05, 0) is 29.3 Å². The van der Waals surface area contributed by atoms with Crippen LogP contribution in [0.4, 0.5) is 4.79 Å². The largest absolute Gasteiger partial charge is 0.327 e. The lowest BCUT2D eigenvalue weighted by atomic mass is 9.99. The Morgan fingerprint density at radius 1 is 1.36 bits per heavy atom. The first kappa shape index (κ1) is 15.9. The maximum absolute atomic E-state index is 12.2. The van der Waals surface area contributed by atoms with Crippen molar-refractivity contribution in [2.24, 2.45) is 0 Å². The molecule has 5 heteroatoms. The second-order valence-corrected chi connectivity index (χ2v) is 5.15. The minimum atomic E-state index is -0.274. The van der Waals surface area contributed by atoms with Crippen molar-refractivity contribution in [3.8, 4) is 12.3 Å². The number of nitrogens with one attached hydrogen (secondary N) is 1. The van der Waals surface area contributed by atoms with E-state index in [0.29, 0.717) is 5.02 Å². The maximum Gasteiger partial charge on any atom is 0.318 e. The molecule has 1 heterocycles. The van der Waals surface area contributed by atoms with Gasteiger partial charge in [0.05, 0.1) is 12.6 Å². The molecule has 2 amide bonds. The van der Waals surface area contributed by atoms with Gasteiger partial charge in [0, 0.05) is 24.5 Å². The highest BCUT2D eigenvalue weighted by Crippen LogP contribution is 2.28. The minimum Gasteiger partial charge on any atom is -0.327 e. The summed E-state index contributed by atoms with van der Waals surface area (Å²) >= 11 is 5.95. The lowest BCUT2D eigenvalue weighted by Gasteiger charge is -2.28. The number of hydrogen-bond acceptors (Lipinski definition) is 2. The molecule has 1 N–H and O–H groups in total. The van der Waals surface area contributed by atoms with Crippen LogP contribution in [0, 0.1) is 12.3 Å². The Labute approximate surface area is 135 Å². The monoisotopic (exact) mass is 313 g/mol. The molecule has 0 spiro atoms. The van der Waals surface area contributed by atoms with Crippen LogP contribution >= 0.6 is 11.6 Å². The Morgan fingerprint density at radius 3 is 2.68 bits per heavy atom. The second-order valence-electron chi connectivity index (χ2n) is 4.71. The molecule has 1 aromatic heterocycles. The third-order valence-corrected chi connectivity index (χ3v) is 3.49. The number of aromatic nitrogens is 1. The molecule has 0 fully saturated rings. The quantitative estimate of drug-likeness (QED) is 0.882. The summed E-state index contributed by atoms with van der Waals surface area (Å²) in [6.07, 6.45) is 8.62. The van der Waals surface area contributed by atoms with Crippen molar-refractivity contribution in [1.82, 2.24) is 15.2 Å². The van der Waals surface area contributed by atoms with E-state index in [4.69, 9.17) is 18.0 Å². The van der Waals surface area contributed by atoms with Crippen molar-refractivity contribution in [3.05, 3.63) is 64.9 Å². The molecule has 0 aliphatic heterocycles. The molecule has 0 saturated carbocycles. The number of terminal acetylenes is 1. The zero-order valence-corrected chi connectivity index (χ0v) is 12.9. The average Bonchev–Trinajstić information content (AvgIpc) is 2.55. The molecule has 112 valence electrons. The summed E-state index contributed by atoms with van der Waals surface area (Å²) in [5, 5.41) is 3.31. The van der Waals surface area contributed by atoms with Gasteiger partial charge in [-0.1, -0.05) is 35.7 Å². The van der Waals surface area contributed by atoms with Gasteiger partial charge in [-0.3, -0.25) is 4.98 Å². The van der Waals surface area contributed by atoms with E-state index in [9.17, 15) is 4.79 Å². The Balaban J connectivity index is 2.36. The molecule has 4 nitrogen and oxygen atoms in total. The van der Waals surface area contributed by atoms with Crippen LogP contribution < -0.4 is 5.32 Å². The van der Waals surface area contributed by atoms with E-state index in [-0.39, 0.29) is 18.6 Å². The summed E-state index contributed by atoms with van der Waals surface area (Å²) in [6.45, 7) is 0.184. The molecular weight excluding hydrogens is 298 g/mol. The van der Waals surface area contributed by atoms with Crippen LogP contribution in [0.1, 0.15) is 17.2 Å².